The van der Waals surface area contributed by atoms with Crippen LogP contribution in [-0.4, -0.2) is 34.1 Å². The SMILES string of the molecule is Cc1cc(C)cc(OCC(=O)OCC(=O)c2c(N)n(Cc3ccccc3)c(=O)n(C)c2=O)c1. The van der Waals surface area contributed by atoms with E-state index >= 15 is 0 Å². The van der Waals surface area contributed by atoms with Crippen LogP contribution in [0.2, 0.25) is 0 Å². The van der Waals surface area contributed by atoms with E-state index < -0.39 is 41.8 Å². The minimum Gasteiger partial charge on any atom is -0.482 e. The van der Waals surface area contributed by atoms with Gasteiger partial charge >= 0.3 is 11.7 Å². The van der Waals surface area contributed by atoms with Crippen LogP contribution in [0.3, 0.4) is 0 Å². The van der Waals surface area contributed by atoms with Gasteiger partial charge in [-0.25, -0.2) is 9.59 Å². The zero-order chi connectivity index (χ0) is 24.1. The smallest absolute Gasteiger partial charge is 0.344 e. The molecule has 0 saturated heterocycles. The van der Waals surface area contributed by atoms with Crippen LogP contribution in [0.5, 0.6) is 5.75 Å². The summed E-state index contributed by atoms with van der Waals surface area (Å²) >= 11 is 0. The number of hydrogen-bond acceptors (Lipinski definition) is 7. The Bertz CT molecular complexity index is 1290. The molecule has 2 aromatic carbocycles. The number of carbonyl (C=O) groups is 2. The fourth-order valence-electron chi connectivity index (χ4n) is 3.38. The standard InChI is InChI=1S/C24H25N3O6/c1-15-9-16(2)11-18(10-15)32-14-20(29)33-13-19(28)21-22(25)27(24(31)26(3)23(21)30)12-17-7-5-4-6-8-17/h4-11H,12-14,25H2,1-3H3. The van der Waals surface area contributed by atoms with Crippen LogP contribution in [0.25, 0.3) is 0 Å². The molecule has 3 aromatic rings. The van der Waals surface area contributed by atoms with Gasteiger partial charge in [-0.05, 0) is 42.7 Å². The molecule has 9 nitrogen and oxygen atoms in total. The highest BCUT2D eigenvalue weighted by molar-refractivity contribution is 6.01. The molecule has 0 unspecified atom stereocenters. The third-order valence-electron chi connectivity index (χ3n) is 4.96. The van der Waals surface area contributed by atoms with E-state index in [-0.39, 0.29) is 12.4 Å². The normalized spacial score (nSPS) is 10.6. The van der Waals surface area contributed by atoms with Crippen LogP contribution >= 0.6 is 0 Å². The Morgan fingerprint density at radius 3 is 2.24 bits per heavy atom. The second-order valence-corrected chi connectivity index (χ2v) is 7.67. The zero-order valence-corrected chi connectivity index (χ0v) is 18.7. The summed E-state index contributed by atoms with van der Waals surface area (Å²) in [5.41, 5.74) is 6.84. The Kier molecular flexibility index (Phi) is 7.12. The lowest BCUT2D eigenvalue weighted by atomic mass is 10.1. The van der Waals surface area contributed by atoms with Crippen molar-refractivity contribution in [1.82, 2.24) is 9.13 Å². The lowest BCUT2D eigenvalue weighted by Crippen LogP contribution is -2.43. The molecule has 0 spiro atoms. The summed E-state index contributed by atoms with van der Waals surface area (Å²) < 4.78 is 12.3. The van der Waals surface area contributed by atoms with Gasteiger partial charge in [-0.15, -0.1) is 0 Å². The van der Waals surface area contributed by atoms with Crippen molar-refractivity contribution in [3.8, 4) is 5.75 Å². The number of nitrogen functional groups attached to an aromatic ring is 1. The number of carbonyl (C=O) groups excluding carboxylic acids is 2. The van der Waals surface area contributed by atoms with Crippen molar-refractivity contribution < 1.29 is 19.1 Å². The number of ether oxygens (including phenoxy) is 2. The number of esters is 1. The first-order valence-corrected chi connectivity index (χ1v) is 10.2. The van der Waals surface area contributed by atoms with Crippen molar-refractivity contribution in [2.45, 2.75) is 20.4 Å². The summed E-state index contributed by atoms with van der Waals surface area (Å²) in [6.07, 6.45) is 0. The van der Waals surface area contributed by atoms with E-state index in [4.69, 9.17) is 15.2 Å². The maximum absolute atomic E-state index is 12.7. The first-order valence-electron chi connectivity index (χ1n) is 10.2. The molecule has 0 atom stereocenters. The van der Waals surface area contributed by atoms with E-state index in [1.807, 2.05) is 26.0 Å². The van der Waals surface area contributed by atoms with Gasteiger partial charge in [-0.1, -0.05) is 36.4 Å². The average Bonchev–Trinajstić information content (AvgIpc) is 2.78. The van der Waals surface area contributed by atoms with E-state index in [0.717, 1.165) is 25.8 Å². The van der Waals surface area contributed by atoms with Crippen LogP contribution in [0, 0.1) is 13.8 Å². The molecular weight excluding hydrogens is 426 g/mol. The zero-order valence-electron chi connectivity index (χ0n) is 18.7. The van der Waals surface area contributed by atoms with Crippen molar-refractivity contribution in [3.05, 3.63) is 91.6 Å². The van der Waals surface area contributed by atoms with E-state index in [1.54, 1.807) is 36.4 Å². The van der Waals surface area contributed by atoms with Crippen molar-refractivity contribution in [1.29, 1.82) is 0 Å². The molecule has 172 valence electrons. The Hall–Kier alpha value is -4.14. The fourth-order valence-corrected chi connectivity index (χ4v) is 3.38. The van der Waals surface area contributed by atoms with Crippen LogP contribution < -0.4 is 21.7 Å². The highest BCUT2D eigenvalue weighted by atomic mass is 16.6. The number of nitrogens with two attached hydrogens (primary N) is 1. The Labute approximate surface area is 190 Å². The Balaban J connectivity index is 1.73. The molecule has 2 N–H and O–H groups in total. The maximum Gasteiger partial charge on any atom is 0.344 e. The molecular formula is C24H25N3O6. The largest absolute Gasteiger partial charge is 0.482 e. The monoisotopic (exact) mass is 451 g/mol. The molecule has 9 heteroatoms. The molecule has 33 heavy (non-hydrogen) atoms. The predicted octanol–water partition coefficient (Wildman–Crippen LogP) is 1.60. The molecule has 0 bridgehead atoms. The van der Waals surface area contributed by atoms with Crippen molar-refractivity contribution in [2.24, 2.45) is 7.05 Å². The number of Topliss-reactive ketones (excluding diaryl/α,β-unsaturated/α-hetero) is 1. The van der Waals surface area contributed by atoms with Gasteiger partial charge in [-0.3, -0.25) is 18.7 Å². The van der Waals surface area contributed by atoms with Crippen LogP contribution in [-0.2, 0) is 23.1 Å². The second kappa shape index (κ2) is 9.99. The molecule has 0 aliphatic carbocycles. The van der Waals surface area contributed by atoms with Gasteiger partial charge in [0, 0.05) is 7.05 Å². The van der Waals surface area contributed by atoms with Gasteiger partial charge < -0.3 is 15.2 Å². The third-order valence-corrected chi connectivity index (χ3v) is 4.96. The number of ketones is 1. The Morgan fingerprint density at radius 2 is 1.61 bits per heavy atom. The Morgan fingerprint density at radius 1 is 0.970 bits per heavy atom. The first-order chi connectivity index (χ1) is 15.7. The van der Waals surface area contributed by atoms with Crippen molar-refractivity contribution in [2.75, 3.05) is 18.9 Å². The minimum atomic E-state index is -0.852. The number of nitrogens with zero attached hydrogens (tertiary/aromatic N) is 2. The molecule has 0 radical (unpaired) electrons. The minimum absolute atomic E-state index is 0.0729. The summed E-state index contributed by atoms with van der Waals surface area (Å²) in [6.45, 7) is 2.76. The summed E-state index contributed by atoms with van der Waals surface area (Å²) in [6, 6.07) is 14.5. The van der Waals surface area contributed by atoms with Gasteiger partial charge in [-0.2, -0.15) is 0 Å². The van der Waals surface area contributed by atoms with Crippen molar-refractivity contribution >= 4 is 17.6 Å². The van der Waals surface area contributed by atoms with Crippen LogP contribution in [0.15, 0.2) is 58.1 Å². The predicted molar refractivity (Wildman–Crippen MR) is 123 cm³/mol. The van der Waals surface area contributed by atoms with Crippen LogP contribution in [0.1, 0.15) is 27.0 Å². The maximum atomic E-state index is 12.7. The van der Waals surface area contributed by atoms with Gasteiger partial charge in [0.25, 0.3) is 5.56 Å². The highest BCUT2D eigenvalue weighted by Gasteiger charge is 2.23. The topological polar surface area (TPSA) is 123 Å². The van der Waals surface area contributed by atoms with Gasteiger partial charge in [0.1, 0.15) is 17.1 Å². The second-order valence-electron chi connectivity index (χ2n) is 7.67. The summed E-state index contributed by atoms with van der Waals surface area (Å²) in [5.74, 6) is -1.37. The molecule has 0 fully saturated rings. The summed E-state index contributed by atoms with van der Waals surface area (Å²) in [4.78, 5) is 49.9. The number of hydrogen-bond donors (Lipinski definition) is 1. The van der Waals surface area contributed by atoms with E-state index in [9.17, 15) is 19.2 Å². The lowest BCUT2D eigenvalue weighted by Gasteiger charge is -2.15. The van der Waals surface area contributed by atoms with Gasteiger partial charge in [0.05, 0.1) is 6.54 Å². The van der Waals surface area contributed by atoms with Gasteiger partial charge in [0.2, 0.25) is 5.78 Å². The summed E-state index contributed by atoms with van der Waals surface area (Å²) in [7, 11) is 1.26. The lowest BCUT2D eigenvalue weighted by molar-refractivity contribution is -0.144. The first kappa shape index (κ1) is 23.5. The number of aryl methyl sites for hydroxylation is 2. The molecule has 1 heterocycles. The molecule has 0 aliphatic rings. The number of benzene rings is 2. The summed E-state index contributed by atoms with van der Waals surface area (Å²) in [5, 5.41) is 0. The number of anilines is 1. The van der Waals surface area contributed by atoms with E-state index in [2.05, 4.69) is 0 Å². The molecule has 1 aromatic heterocycles. The average molecular weight is 451 g/mol. The number of aromatic nitrogens is 2. The van der Waals surface area contributed by atoms with Gasteiger partial charge in [0.15, 0.2) is 13.2 Å². The van der Waals surface area contributed by atoms with E-state index in [0.29, 0.717) is 5.75 Å². The molecule has 0 amide bonds. The molecule has 0 saturated carbocycles. The van der Waals surface area contributed by atoms with Crippen LogP contribution in [0.4, 0.5) is 5.82 Å². The molecule has 0 aliphatic heterocycles. The third kappa shape index (κ3) is 5.57. The molecule has 3 rings (SSSR count). The highest BCUT2D eigenvalue weighted by Crippen LogP contribution is 2.16. The fraction of sp³-hybridized carbons (Fsp3) is 0.250. The quantitative estimate of drug-likeness (QED) is 0.408. The van der Waals surface area contributed by atoms with E-state index in [1.165, 1.54) is 7.05 Å². The number of rotatable bonds is 8. The van der Waals surface area contributed by atoms with Crippen molar-refractivity contribution in [3.63, 3.8) is 0 Å².